The van der Waals surface area contributed by atoms with Crippen LogP contribution in [-0.2, 0) is 4.79 Å². The van der Waals surface area contributed by atoms with Gasteiger partial charge in [-0.2, -0.15) is 5.10 Å². The van der Waals surface area contributed by atoms with Crippen LogP contribution in [0.25, 0.3) is 5.69 Å². The summed E-state index contributed by atoms with van der Waals surface area (Å²) < 4.78 is 1.87. The third-order valence-electron chi connectivity index (χ3n) is 5.94. The van der Waals surface area contributed by atoms with Crippen molar-refractivity contribution in [3.63, 3.8) is 0 Å². The van der Waals surface area contributed by atoms with Crippen molar-refractivity contribution in [2.75, 3.05) is 13.1 Å². The molecule has 2 fully saturated rings. The lowest BCUT2D eigenvalue weighted by molar-refractivity contribution is -0.129. The highest BCUT2D eigenvalue weighted by Gasteiger charge is 2.35. The van der Waals surface area contributed by atoms with E-state index in [1.165, 1.54) is 12.8 Å². The molecule has 2 aromatic rings. The summed E-state index contributed by atoms with van der Waals surface area (Å²) in [6.45, 7) is 5.30. The zero-order valence-electron chi connectivity index (χ0n) is 16.6. The van der Waals surface area contributed by atoms with Gasteiger partial charge >= 0.3 is 0 Å². The minimum absolute atomic E-state index is 0.0910. The van der Waals surface area contributed by atoms with Crippen LogP contribution in [-0.4, -0.2) is 45.6 Å². The van der Waals surface area contributed by atoms with Gasteiger partial charge in [-0.1, -0.05) is 12.8 Å². The van der Waals surface area contributed by atoms with Gasteiger partial charge in [0.05, 0.1) is 11.4 Å². The number of rotatable bonds is 5. The Bertz CT molecular complexity index is 865. The van der Waals surface area contributed by atoms with Crippen LogP contribution in [0.5, 0.6) is 0 Å². The van der Waals surface area contributed by atoms with E-state index < -0.39 is 0 Å². The van der Waals surface area contributed by atoms with Crippen LogP contribution >= 0.6 is 0 Å². The highest BCUT2D eigenvalue weighted by Crippen LogP contribution is 2.29. The van der Waals surface area contributed by atoms with E-state index in [1.807, 2.05) is 53.8 Å². The molecule has 2 heterocycles. The molecule has 0 radical (unpaired) electrons. The second-order valence-corrected chi connectivity index (χ2v) is 8.15. The van der Waals surface area contributed by atoms with Gasteiger partial charge in [-0.3, -0.25) is 9.59 Å². The number of hydrogen-bond donors (Lipinski definition) is 1. The number of aryl methyl sites for hydroxylation is 2. The van der Waals surface area contributed by atoms with Gasteiger partial charge < -0.3 is 10.2 Å². The Labute approximate surface area is 165 Å². The molecule has 1 aromatic heterocycles. The van der Waals surface area contributed by atoms with Crippen LogP contribution in [0.3, 0.4) is 0 Å². The van der Waals surface area contributed by atoms with Gasteiger partial charge in [-0.15, -0.1) is 0 Å². The first kappa shape index (κ1) is 18.7. The summed E-state index contributed by atoms with van der Waals surface area (Å²) in [5.41, 5.74) is 3.60. The fourth-order valence-corrected chi connectivity index (χ4v) is 4.50. The molecule has 0 bridgehead atoms. The number of hydrogen-bond acceptors (Lipinski definition) is 3. The number of nitrogens with one attached hydrogen (secondary N) is 1. The van der Waals surface area contributed by atoms with Crippen molar-refractivity contribution in [2.45, 2.75) is 52.0 Å². The maximum Gasteiger partial charge on any atom is 0.251 e. The monoisotopic (exact) mass is 380 g/mol. The molecule has 0 spiro atoms. The topological polar surface area (TPSA) is 67.2 Å². The van der Waals surface area contributed by atoms with E-state index in [2.05, 4.69) is 10.4 Å². The van der Waals surface area contributed by atoms with Crippen LogP contribution in [0, 0.1) is 19.8 Å². The lowest BCUT2D eigenvalue weighted by atomic mass is 10.1. The second kappa shape index (κ2) is 7.78. The van der Waals surface area contributed by atoms with Gasteiger partial charge in [0.15, 0.2) is 0 Å². The Morgan fingerprint density at radius 1 is 1.18 bits per heavy atom. The van der Waals surface area contributed by atoms with E-state index in [9.17, 15) is 9.59 Å². The first-order chi connectivity index (χ1) is 13.5. The average molecular weight is 380 g/mol. The maximum absolute atomic E-state index is 12.5. The van der Waals surface area contributed by atoms with Crippen molar-refractivity contribution < 1.29 is 9.59 Å². The molecule has 2 amide bonds. The molecule has 0 unspecified atom stereocenters. The molecule has 1 aliphatic carbocycles. The number of amides is 2. The highest BCUT2D eigenvalue weighted by atomic mass is 16.2. The molecule has 1 atom stereocenters. The Hall–Kier alpha value is -2.63. The molecule has 28 heavy (non-hydrogen) atoms. The fourth-order valence-electron chi connectivity index (χ4n) is 4.50. The summed E-state index contributed by atoms with van der Waals surface area (Å²) in [4.78, 5) is 26.8. The summed E-state index contributed by atoms with van der Waals surface area (Å²) in [6.07, 6.45) is 5.26. The van der Waals surface area contributed by atoms with Crippen LogP contribution in [0.1, 0.15) is 53.8 Å². The Morgan fingerprint density at radius 3 is 2.54 bits per heavy atom. The van der Waals surface area contributed by atoms with E-state index in [1.54, 1.807) is 0 Å². The normalized spacial score (nSPS) is 20.1. The van der Waals surface area contributed by atoms with E-state index in [-0.39, 0.29) is 17.7 Å². The molecule has 6 nitrogen and oxygen atoms in total. The van der Waals surface area contributed by atoms with Crippen molar-refractivity contribution >= 4 is 11.8 Å². The fraction of sp³-hybridized carbons (Fsp3) is 0.500. The molecule has 1 saturated carbocycles. The van der Waals surface area contributed by atoms with Gasteiger partial charge in [0.25, 0.3) is 5.91 Å². The zero-order valence-corrected chi connectivity index (χ0v) is 16.6. The third kappa shape index (κ3) is 3.81. The Balaban J connectivity index is 1.33. The van der Waals surface area contributed by atoms with Crippen molar-refractivity contribution in [3.05, 3.63) is 47.3 Å². The highest BCUT2D eigenvalue weighted by molar-refractivity contribution is 5.94. The predicted octanol–water partition coefficient (Wildman–Crippen LogP) is 3.01. The van der Waals surface area contributed by atoms with Crippen LogP contribution in [0.2, 0.25) is 0 Å². The zero-order chi connectivity index (χ0) is 19.7. The lowest BCUT2D eigenvalue weighted by Crippen LogP contribution is -2.36. The number of nitrogens with zero attached hydrogens (tertiary/aromatic N) is 3. The van der Waals surface area contributed by atoms with Crippen molar-refractivity contribution in [3.8, 4) is 5.69 Å². The molecule has 148 valence electrons. The average Bonchev–Trinajstić information content (AvgIpc) is 3.40. The molecule has 1 aromatic carbocycles. The molecule has 2 aliphatic rings. The first-order valence-electron chi connectivity index (χ1n) is 10.2. The molecule has 6 heteroatoms. The van der Waals surface area contributed by atoms with E-state index in [4.69, 9.17) is 0 Å². The molecule has 1 aliphatic heterocycles. The minimum Gasteiger partial charge on any atom is -0.352 e. The number of aromatic nitrogens is 2. The van der Waals surface area contributed by atoms with E-state index >= 15 is 0 Å². The number of benzene rings is 1. The summed E-state index contributed by atoms with van der Waals surface area (Å²) in [5, 5.41) is 7.48. The van der Waals surface area contributed by atoms with Crippen molar-refractivity contribution in [1.82, 2.24) is 20.0 Å². The van der Waals surface area contributed by atoms with Crippen LogP contribution in [0.4, 0.5) is 0 Å². The largest absolute Gasteiger partial charge is 0.352 e. The quantitative estimate of drug-likeness (QED) is 0.867. The molecule has 1 N–H and O–H groups in total. The van der Waals surface area contributed by atoms with Gasteiger partial charge in [-0.25, -0.2) is 4.68 Å². The van der Waals surface area contributed by atoms with Crippen molar-refractivity contribution in [2.24, 2.45) is 5.92 Å². The van der Waals surface area contributed by atoms with Gasteiger partial charge in [-0.05, 0) is 57.0 Å². The Morgan fingerprint density at radius 2 is 1.89 bits per heavy atom. The Kier molecular flexibility index (Phi) is 5.20. The summed E-state index contributed by atoms with van der Waals surface area (Å²) in [6, 6.07) is 9.93. The predicted molar refractivity (Wildman–Crippen MR) is 107 cm³/mol. The number of carbonyl (C=O) groups is 2. The van der Waals surface area contributed by atoms with Crippen LogP contribution in [0.15, 0.2) is 30.3 Å². The standard InChI is InChI=1S/C22H28N4O2/c1-15-11-16(2)26(24-15)20-9-7-18(8-10-20)22(28)23-13-17-12-21(27)25(14-17)19-5-3-4-6-19/h7-11,17,19H,3-6,12-14H2,1-2H3,(H,23,28)/t17-/m0/s1. The van der Waals surface area contributed by atoms with Gasteiger partial charge in [0.2, 0.25) is 5.91 Å². The molecule has 1 saturated heterocycles. The maximum atomic E-state index is 12.5. The van der Waals surface area contributed by atoms with Crippen molar-refractivity contribution in [1.29, 1.82) is 0 Å². The van der Waals surface area contributed by atoms with E-state index in [0.717, 1.165) is 36.5 Å². The summed E-state index contributed by atoms with van der Waals surface area (Å²) in [7, 11) is 0. The summed E-state index contributed by atoms with van der Waals surface area (Å²) in [5.74, 6) is 0.373. The second-order valence-electron chi connectivity index (χ2n) is 8.15. The lowest BCUT2D eigenvalue weighted by Gasteiger charge is -2.24. The molecule has 4 rings (SSSR count). The third-order valence-corrected chi connectivity index (χ3v) is 5.94. The van der Waals surface area contributed by atoms with Gasteiger partial charge in [0.1, 0.15) is 0 Å². The summed E-state index contributed by atoms with van der Waals surface area (Å²) >= 11 is 0. The number of likely N-dealkylation sites (tertiary alicyclic amines) is 1. The number of carbonyl (C=O) groups excluding carboxylic acids is 2. The SMILES string of the molecule is Cc1cc(C)n(-c2ccc(C(=O)NC[C@@H]3CC(=O)N(C4CCCC4)C3)cc2)n1. The smallest absolute Gasteiger partial charge is 0.251 e. The molecular weight excluding hydrogens is 352 g/mol. The minimum atomic E-state index is -0.0910. The molecular formula is C22H28N4O2. The van der Waals surface area contributed by atoms with Gasteiger partial charge in [0, 0.05) is 42.7 Å². The van der Waals surface area contributed by atoms with E-state index in [0.29, 0.717) is 24.6 Å². The van der Waals surface area contributed by atoms with Crippen LogP contribution < -0.4 is 5.32 Å². The first-order valence-corrected chi connectivity index (χ1v) is 10.2.